The van der Waals surface area contributed by atoms with Crippen LogP contribution in [0.5, 0.6) is 0 Å². The van der Waals surface area contributed by atoms with Gasteiger partial charge in [0.2, 0.25) is 0 Å². The van der Waals surface area contributed by atoms with Gasteiger partial charge in [-0.1, -0.05) is 38.1 Å². The molecule has 2 rings (SSSR count). The first-order chi connectivity index (χ1) is 8.56. The van der Waals surface area contributed by atoms with Crippen LogP contribution in [-0.2, 0) is 6.42 Å². The molecule has 1 unspecified atom stereocenters. The Labute approximate surface area is 127 Å². The van der Waals surface area contributed by atoms with Crippen LogP contribution in [0.2, 0.25) is 0 Å². The molecule has 0 saturated heterocycles. The molecule has 0 aliphatic carbocycles. The topological polar surface area (TPSA) is 26.0 Å². The van der Waals surface area contributed by atoms with Gasteiger partial charge in [0.1, 0.15) is 0 Å². The van der Waals surface area contributed by atoms with Crippen LogP contribution in [0.15, 0.2) is 35.7 Å². The Hall–Kier alpha value is -0.390. The third-order valence-corrected chi connectivity index (χ3v) is 4.93. The van der Waals surface area contributed by atoms with Crippen LogP contribution in [0.1, 0.15) is 42.5 Å². The van der Waals surface area contributed by atoms with Crippen LogP contribution in [0.3, 0.4) is 0 Å². The fourth-order valence-corrected chi connectivity index (χ4v) is 3.36. The summed E-state index contributed by atoms with van der Waals surface area (Å²) in [5.74, 6) is 0.589. The number of nitrogens with two attached hydrogens (primary N) is 1. The first kappa shape index (κ1) is 14.0. The number of benzene rings is 1. The zero-order valence-electron chi connectivity index (χ0n) is 10.7. The second kappa shape index (κ2) is 6.17. The monoisotopic (exact) mass is 371 g/mol. The first-order valence-corrected chi connectivity index (χ1v) is 8.10. The molecular weight excluding hydrogens is 353 g/mol. The van der Waals surface area contributed by atoms with Crippen LogP contribution >= 0.6 is 33.9 Å². The van der Waals surface area contributed by atoms with Crippen molar-refractivity contribution >= 4 is 33.9 Å². The van der Waals surface area contributed by atoms with E-state index in [2.05, 4.69) is 72.2 Å². The maximum absolute atomic E-state index is 6.24. The van der Waals surface area contributed by atoms with Crippen molar-refractivity contribution in [3.05, 3.63) is 55.3 Å². The van der Waals surface area contributed by atoms with Gasteiger partial charge in [0.25, 0.3) is 0 Å². The molecule has 0 aliphatic heterocycles. The predicted octanol–water partition coefficient (Wildman–Crippen LogP) is 4.72. The van der Waals surface area contributed by atoms with Gasteiger partial charge in [0.05, 0.1) is 2.88 Å². The summed E-state index contributed by atoms with van der Waals surface area (Å²) in [4.78, 5) is 0. The fraction of sp³-hybridized carbons (Fsp3) is 0.333. The number of thiophene rings is 1. The lowest BCUT2D eigenvalue weighted by Crippen LogP contribution is -2.12. The molecule has 2 N–H and O–H groups in total. The Morgan fingerprint density at radius 1 is 1.17 bits per heavy atom. The summed E-state index contributed by atoms with van der Waals surface area (Å²) in [6.07, 6.45) is 0.908. The molecule has 0 saturated carbocycles. The number of rotatable bonds is 4. The summed E-state index contributed by atoms with van der Waals surface area (Å²) in [5.41, 5.74) is 10.2. The molecule has 1 aromatic carbocycles. The first-order valence-electron chi connectivity index (χ1n) is 6.14. The summed E-state index contributed by atoms with van der Waals surface area (Å²) < 4.78 is 1.30. The highest BCUT2D eigenvalue weighted by molar-refractivity contribution is 14.1. The smallest absolute Gasteiger partial charge is 0.0656 e. The van der Waals surface area contributed by atoms with Crippen molar-refractivity contribution in [2.75, 3.05) is 0 Å². The van der Waals surface area contributed by atoms with Gasteiger partial charge in [-0.25, -0.2) is 0 Å². The summed E-state index contributed by atoms with van der Waals surface area (Å²) in [6.45, 7) is 4.43. The van der Waals surface area contributed by atoms with E-state index in [1.807, 2.05) is 0 Å². The molecule has 0 amide bonds. The molecule has 3 heteroatoms. The van der Waals surface area contributed by atoms with Gasteiger partial charge in [0.15, 0.2) is 0 Å². The Kier molecular flexibility index (Phi) is 4.81. The average Bonchev–Trinajstić information content (AvgIpc) is 2.76. The number of hydrogen-bond donors (Lipinski definition) is 1. The molecule has 1 heterocycles. The summed E-state index contributed by atoms with van der Waals surface area (Å²) in [5, 5.41) is 2.16. The molecule has 0 radical (unpaired) electrons. The van der Waals surface area contributed by atoms with Gasteiger partial charge < -0.3 is 5.73 Å². The van der Waals surface area contributed by atoms with Gasteiger partial charge in [0, 0.05) is 6.04 Å². The van der Waals surface area contributed by atoms with Gasteiger partial charge in [-0.15, -0.1) is 11.3 Å². The standard InChI is InChI=1S/C15H18INS/c1-10(2)12-5-3-11(4-6-12)7-14(17)13-8-15(16)18-9-13/h3-6,8-10,14H,7,17H2,1-2H3. The van der Waals surface area contributed by atoms with Crippen molar-refractivity contribution in [2.24, 2.45) is 5.73 Å². The minimum absolute atomic E-state index is 0.106. The Bertz CT molecular complexity index is 501. The van der Waals surface area contributed by atoms with E-state index in [0.29, 0.717) is 5.92 Å². The van der Waals surface area contributed by atoms with Crippen molar-refractivity contribution < 1.29 is 0 Å². The molecule has 0 spiro atoms. The SMILES string of the molecule is CC(C)c1ccc(CC(N)c2csc(I)c2)cc1. The Morgan fingerprint density at radius 3 is 2.33 bits per heavy atom. The lowest BCUT2D eigenvalue weighted by molar-refractivity contribution is 0.724. The van der Waals surface area contributed by atoms with Crippen molar-refractivity contribution in [1.29, 1.82) is 0 Å². The van der Waals surface area contributed by atoms with Gasteiger partial charge in [-0.05, 0) is 63.1 Å². The van der Waals surface area contributed by atoms with Crippen LogP contribution in [0.25, 0.3) is 0 Å². The minimum atomic E-state index is 0.106. The molecule has 1 aromatic heterocycles. The van der Waals surface area contributed by atoms with E-state index >= 15 is 0 Å². The fourth-order valence-electron chi connectivity index (χ4n) is 1.93. The number of halogens is 1. The van der Waals surface area contributed by atoms with Crippen molar-refractivity contribution in [2.45, 2.75) is 32.2 Å². The maximum atomic E-state index is 6.24. The molecule has 0 bridgehead atoms. The van der Waals surface area contributed by atoms with Crippen molar-refractivity contribution in [1.82, 2.24) is 0 Å². The minimum Gasteiger partial charge on any atom is -0.324 e. The maximum Gasteiger partial charge on any atom is 0.0656 e. The van der Waals surface area contributed by atoms with Crippen LogP contribution < -0.4 is 5.73 Å². The Morgan fingerprint density at radius 2 is 1.83 bits per heavy atom. The van der Waals surface area contributed by atoms with E-state index in [1.54, 1.807) is 11.3 Å². The predicted molar refractivity (Wildman–Crippen MR) is 88.2 cm³/mol. The molecule has 1 atom stereocenters. The zero-order valence-corrected chi connectivity index (χ0v) is 13.7. The molecule has 2 aromatic rings. The summed E-state index contributed by atoms with van der Waals surface area (Å²) >= 11 is 4.10. The highest BCUT2D eigenvalue weighted by atomic mass is 127. The molecule has 18 heavy (non-hydrogen) atoms. The molecule has 1 nitrogen and oxygen atoms in total. The zero-order chi connectivity index (χ0) is 13.1. The lowest BCUT2D eigenvalue weighted by atomic mass is 9.98. The van der Waals surface area contributed by atoms with E-state index in [0.717, 1.165) is 6.42 Å². The highest BCUT2D eigenvalue weighted by Crippen LogP contribution is 2.24. The highest BCUT2D eigenvalue weighted by Gasteiger charge is 2.09. The van der Waals surface area contributed by atoms with Crippen LogP contribution in [0.4, 0.5) is 0 Å². The molecule has 0 aliphatic rings. The van der Waals surface area contributed by atoms with Crippen molar-refractivity contribution in [3.8, 4) is 0 Å². The number of hydrogen-bond acceptors (Lipinski definition) is 2. The molecule has 96 valence electrons. The second-order valence-electron chi connectivity index (χ2n) is 4.89. The largest absolute Gasteiger partial charge is 0.324 e. The summed E-state index contributed by atoms with van der Waals surface area (Å²) in [6, 6.07) is 11.1. The van der Waals surface area contributed by atoms with E-state index in [9.17, 15) is 0 Å². The third kappa shape index (κ3) is 3.56. The normalized spacial score (nSPS) is 12.9. The average molecular weight is 371 g/mol. The van der Waals surface area contributed by atoms with E-state index < -0.39 is 0 Å². The van der Waals surface area contributed by atoms with E-state index in [1.165, 1.54) is 19.6 Å². The molecular formula is C15H18INS. The Balaban J connectivity index is 2.05. The lowest BCUT2D eigenvalue weighted by Gasteiger charge is -2.11. The summed E-state index contributed by atoms with van der Waals surface area (Å²) in [7, 11) is 0. The third-order valence-electron chi connectivity index (χ3n) is 3.12. The van der Waals surface area contributed by atoms with Gasteiger partial charge in [-0.2, -0.15) is 0 Å². The van der Waals surface area contributed by atoms with Gasteiger partial charge in [-0.3, -0.25) is 0 Å². The van der Waals surface area contributed by atoms with E-state index in [-0.39, 0.29) is 6.04 Å². The van der Waals surface area contributed by atoms with Gasteiger partial charge >= 0.3 is 0 Å². The quantitative estimate of drug-likeness (QED) is 0.774. The van der Waals surface area contributed by atoms with E-state index in [4.69, 9.17) is 5.73 Å². The van der Waals surface area contributed by atoms with Crippen LogP contribution in [-0.4, -0.2) is 0 Å². The second-order valence-corrected chi connectivity index (χ2v) is 7.70. The van der Waals surface area contributed by atoms with Crippen LogP contribution in [0, 0.1) is 2.88 Å². The molecule has 0 fully saturated rings. The van der Waals surface area contributed by atoms with Crippen molar-refractivity contribution in [3.63, 3.8) is 0 Å².